The van der Waals surface area contributed by atoms with E-state index in [1.807, 2.05) is 33.6 Å². The molecule has 5 rings (SSSR count). The molecule has 1 aliphatic rings. The normalized spacial score (nSPS) is 17.2. The molecule has 1 fully saturated rings. The van der Waals surface area contributed by atoms with Gasteiger partial charge in [-0.1, -0.05) is 13.8 Å². The zero-order chi connectivity index (χ0) is 22.5. The molecule has 4 heterocycles. The van der Waals surface area contributed by atoms with Crippen molar-refractivity contribution in [3.63, 3.8) is 0 Å². The Morgan fingerprint density at radius 2 is 1.94 bits per heavy atom. The van der Waals surface area contributed by atoms with E-state index in [-0.39, 0.29) is 6.42 Å². The number of rotatable bonds is 5. The predicted octanol–water partition coefficient (Wildman–Crippen LogP) is 2.94. The van der Waals surface area contributed by atoms with E-state index in [9.17, 15) is 0 Å². The van der Waals surface area contributed by atoms with E-state index in [0.29, 0.717) is 28.9 Å². The van der Waals surface area contributed by atoms with Crippen molar-refractivity contribution in [1.82, 2.24) is 29.0 Å². The maximum atomic E-state index is 5.98. The van der Waals surface area contributed by atoms with Crippen molar-refractivity contribution in [3.05, 3.63) is 42.7 Å². The van der Waals surface area contributed by atoms with Gasteiger partial charge in [0.25, 0.3) is 0 Å². The molecule has 0 amide bonds. The van der Waals surface area contributed by atoms with E-state index in [2.05, 4.69) is 29.1 Å². The van der Waals surface area contributed by atoms with Gasteiger partial charge in [-0.3, -0.25) is 4.40 Å². The van der Waals surface area contributed by atoms with Gasteiger partial charge in [-0.25, -0.2) is 19.5 Å². The standard InChI is InChI=1S/C22H24B3N7/c1-21(2)6-3-15(4-7-21)28-19-29-17(11-22(23,24)25)18-16(5-9-32(18)30-19)14-12-27-20-26-8-10-31(20)13-14/h5,8-10,12-13,15H,3-4,6-7,11H2,1-2H3,(H,28,30). The largest absolute Gasteiger partial charge is 0.350 e. The Balaban J connectivity index is 1.54. The minimum absolute atomic E-state index is 0.198. The van der Waals surface area contributed by atoms with Crippen LogP contribution >= 0.6 is 0 Å². The first-order chi connectivity index (χ1) is 15.2. The van der Waals surface area contributed by atoms with Gasteiger partial charge in [0.05, 0.1) is 34.7 Å². The van der Waals surface area contributed by atoms with Crippen LogP contribution in [0.2, 0.25) is 5.11 Å². The molecule has 32 heavy (non-hydrogen) atoms. The lowest BCUT2D eigenvalue weighted by Crippen LogP contribution is -2.31. The third-order valence-electron chi connectivity index (χ3n) is 6.29. The Kier molecular flexibility index (Phi) is 5.06. The fraction of sp³-hybridized carbons (Fsp3) is 0.455. The van der Waals surface area contributed by atoms with Crippen molar-refractivity contribution in [1.29, 1.82) is 0 Å². The van der Waals surface area contributed by atoms with Crippen LogP contribution in [0, 0.1) is 5.41 Å². The molecule has 1 N–H and O–H groups in total. The number of fused-ring (bicyclic) bond motifs is 2. The summed E-state index contributed by atoms with van der Waals surface area (Å²) in [5.74, 6) is 1.20. The summed E-state index contributed by atoms with van der Waals surface area (Å²) in [6.07, 6.45) is 14.0. The van der Waals surface area contributed by atoms with Crippen molar-refractivity contribution in [2.75, 3.05) is 5.32 Å². The maximum absolute atomic E-state index is 5.98. The molecule has 7 nitrogen and oxygen atoms in total. The Bertz CT molecular complexity index is 1260. The summed E-state index contributed by atoms with van der Waals surface area (Å²) in [5.41, 5.74) is 3.74. The molecule has 0 bridgehead atoms. The third kappa shape index (κ3) is 4.27. The summed E-state index contributed by atoms with van der Waals surface area (Å²) < 4.78 is 3.69. The van der Waals surface area contributed by atoms with Crippen molar-refractivity contribution >= 4 is 40.8 Å². The van der Waals surface area contributed by atoms with Crippen LogP contribution in [0.5, 0.6) is 0 Å². The Morgan fingerprint density at radius 3 is 2.69 bits per heavy atom. The predicted molar refractivity (Wildman–Crippen MR) is 128 cm³/mol. The average Bonchev–Trinajstić information content (AvgIpc) is 3.34. The van der Waals surface area contributed by atoms with Gasteiger partial charge in [0, 0.05) is 48.2 Å². The second kappa shape index (κ2) is 7.68. The van der Waals surface area contributed by atoms with Gasteiger partial charge < -0.3 is 5.32 Å². The van der Waals surface area contributed by atoms with Gasteiger partial charge in [-0.2, -0.15) is 0 Å². The smallest absolute Gasteiger partial charge is 0.241 e. The van der Waals surface area contributed by atoms with Crippen molar-refractivity contribution in [2.24, 2.45) is 5.41 Å². The lowest BCUT2D eigenvalue weighted by molar-refractivity contribution is 0.232. The number of hydrogen-bond donors (Lipinski definition) is 1. The molecule has 4 aromatic rings. The van der Waals surface area contributed by atoms with E-state index in [1.165, 1.54) is 12.8 Å². The average molecular weight is 419 g/mol. The van der Waals surface area contributed by atoms with Crippen LogP contribution in [-0.4, -0.2) is 58.5 Å². The van der Waals surface area contributed by atoms with Crippen LogP contribution in [0.4, 0.5) is 5.95 Å². The monoisotopic (exact) mass is 419 g/mol. The van der Waals surface area contributed by atoms with Crippen molar-refractivity contribution < 1.29 is 0 Å². The molecule has 0 aromatic carbocycles. The third-order valence-corrected chi connectivity index (χ3v) is 6.29. The van der Waals surface area contributed by atoms with E-state index in [1.54, 1.807) is 12.4 Å². The summed E-state index contributed by atoms with van der Waals surface area (Å²) in [4.78, 5) is 13.4. The van der Waals surface area contributed by atoms with Gasteiger partial charge in [0.1, 0.15) is 0 Å². The van der Waals surface area contributed by atoms with Crippen molar-refractivity contribution in [3.8, 4) is 11.1 Å². The van der Waals surface area contributed by atoms with E-state index >= 15 is 0 Å². The molecular weight excluding hydrogens is 395 g/mol. The van der Waals surface area contributed by atoms with Crippen molar-refractivity contribution in [2.45, 2.75) is 57.1 Å². The number of aromatic nitrogens is 6. The van der Waals surface area contributed by atoms with E-state index in [4.69, 9.17) is 33.6 Å². The quantitative estimate of drug-likeness (QED) is 0.504. The van der Waals surface area contributed by atoms with Crippen LogP contribution in [0.15, 0.2) is 37.1 Å². The molecule has 156 valence electrons. The molecule has 6 radical (unpaired) electrons. The minimum Gasteiger partial charge on any atom is -0.350 e. The minimum atomic E-state index is -1.39. The summed E-state index contributed by atoms with van der Waals surface area (Å²) in [6, 6.07) is 2.33. The first kappa shape index (κ1) is 21.1. The number of nitrogens with zero attached hydrogens (tertiary/aromatic N) is 6. The summed E-state index contributed by atoms with van der Waals surface area (Å²) >= 11 is 0. The maximum Gasteiger partial charge on any atom is 0.241 e. The molecule has 4 aromatic heterocycles. The first-order valence-electron chi connectivity index (χ1n) is 11.0. The zero-order valence-corrected chi connectivity index (χ0v) is 18.5. The topological polar surface area (TPSA) is 72.4 Å². The lowest BCUT2D eigenvalue weighted by atomic mass is 9.41. The SMILES string of the molecule is [B]C([B])([B])Cc1nc(NC2CCC(C)(C)CC2)nn2ccc(-c3cnc4nccn4c3)c12. The van der Waals surface area contributed by atoms with Crippen LogP contribution in [0.25, 0.3) is 22.4 Å². The highest BCUT2D eigenvalue weighted by Crippen LogP contribution is 2.36. The Labute approximate surface area is 191 Å². The molecular formula is C22H24B3N7. The number of imidazole rings is 1. The van der Waals surface area contributed by atoms with Crippen LogP contribution in [-0.2, 0) is 6.42 Å². The highest BCUT2D eigenvalue weighted by molar-refractivity contribution is 6.59. The fourth-order valence-corrected chi connectivity index (χ4v) is 4.49. The van der Waals surface area contributed by atoms with E-state index in [0.717, 1.165) is 29.5 Å². The molecule has 0 atom stereocenters. The van der Waals surface area contributed by atoms with Crippen LogP contribution in [0.3, 0.4) is 0 Å². The second-order valence-corrected chi connectivity index (χ2v) is 9.75. The van der Waals surface area contributed by atoms with Gasteiger partial charge in [-0.15, -0.1) is 10.2 Å². The summed E-state index contributed by atoms with van der Waals surface area (Å²) in [6.45, 7) is 4.65. The molecule has 10 heteroatoms. The van der Waals surface area contributed by atoms with Gasteiger partial charge in [0.2, 0.25) is 11.7 Å². The van der Waals surface area contributed by atoms with Gasteiger partial charge in [-0.05, 0) is 43.6 Å². The first-order valence-corrected chi connectivity index (χ1v) is 11.0. The molecule has 0 saturated heterocycles. The molecule has 1 aliphatic carbocycles. The Hall–Kier alpha value is -2.77. The van der Waals surface area contributed by atoms with Crippen LogP contribution in [0.1, 0.15) is 45.2 Å². The van der Waals surface area contributed by atoms with Gasteiger partial charge in [0.15, 0.2) is 0 Å². The van der Waals surface area contributed by atoms with Gasteiger partial charge >= 0.3 is 0 Å². The molecule has 0 aliphatic heterocycles. The van der Waals surface area contributed by atoms with E-state index < -0.39 is 5.11 Å². The lowest BCUT2D eigenvalue weighted by Gasteiger charge is -2.34. The fourth-order valence-electron chi connectivity index (χ4n) is 4.49. The number of anilines is 1. The summed E-state index contributed by atoms with van der Waals surface area (Å²) in [5, 5.41) is 6.85. The zero-order valence-electron chi connectivity index (χ0n) is 18.5. The number of hydrogen-bond acceptors (Lipinski definition) is 5. The highest BCUT2D eigenvalue weighted by atomic mass is 15.3. The molecule has 0 unspecified atom stereocenters. The number of nitrogens with one attached hydrogen (secondary N) is 1. The van der Waals surface area contributed by atoms with Crippen LogP contribution < -0.4 is 5.32 Å². The molecule has 1 saturated carbocycles. The second-order valence-electron chi connectivity index (χ2n) is 9.75. The Morgan fingerprint density at radius 1 is 1.16 bits per heavy atom. The highest BCUT2D eigenvalue weighted by Gasteiger charge is 2.27. The molecule has 0 spiro atoms. The summed E-state index contributed by atoms with van der Waals surface area (Å²) in [7, 11) is 17.9.